The van der Waals surface area contributed by atoms with E-state index in [1.165, 1.54) is 0 Å². The lowest BCUT2D eigenvalue weighted by atomic mass is 10.3. The smallest absolute Gasteiger partial charge is 0.230 e. The lowest BCUT2D eigenvalue weighted by Gasteiger charge is -2.09. The quantitative estimate of drug-likeness (QED) is 0.679. The molecule has 7 heteroatoms. The van der Waals surface area contributed by atoms with E-state index in [1.807, 2.05) is 12.1 Å². The number of ether oxygens (including phenoxy) is 1. The fourth-order valence-corrected chi connectivity index (χ4v) is 1.90. The largest absolute Gasteiger partial charge is 0.481 e. The number of hydrogen-bond donors (Lipinski definition) is 3. The van der Waals surface area contributed by atoms with Gasteiger partial charge in [0.15, 0.2) is 0 Å². The molecule has 0 radical (unpaired) electrons. The molecule has 0 fully saturated rings. The van der Waals surface area contributed by atoms with Crippen LogP contribution in [-0.2, 0) is 6.54 Å². The number of methoxy groups -OCH3 is 1. The molecule has 0 amide bonds. The Morgan fingerprint density at radius 3 is 2.86 bits per heavy atom. The monoisotopic (exact) mass is 308 g/mol. The Labute approximate surface area is 128 Å². The van der Waals surface area contributed by atoms with Gasteiger partial charge in [-0.2, -0.15) is 4.98 Å². The second-order valence-corrected chi connectivity index (χ2v) is 4.70. The fourth-order valence-electron chi connectivity index (χ4n) is 1.71. The molecule has 112 valence electrons. The van der Waals surface area contributed by atoms with Crippen molar-refractivity contribution in [3.8, 4) is 5.88 Å². The highest BCUT2D eigenvalue weighted by molar-refractivity contribution is 6.30. The zero-order valence-electron chi connectivity index (χ0n) is 11.6. The van der Waals surface area contributed by atoms with E-state index in [9.17, 15) is 0 Å². The van der Waals surface area contributed by atoms with Crippen molar-refractivity contribution in [3.63, 3.8) is 0 Å². The predicted octanol–water partition coefficient (Wildman–Crippen LogP) is 1.96. The second kappa shape index (κ2) is 7.78. The summed E-state index contributed by atoms with van der Waals surface area (Å²) in [5.74, 6) is 0.896. The number of hydrogen-bond acceptors (Lipinski definition) is 6. The van der Waals surface area contributed by atoms with Crippen LogP contribution in [0, 0.1) is 0 Å². The molecule has 2 aromatic rings. The minimum absolute atomic E-state index is 0.0792. The number of rotatable bonds is 7. The normalized spacial score (nSPS) is 10.4. The first-order valence-corrected chi connectivity index (χ1v) is 6.85. The van der Waals surface area contributed by atoms with Crippen molar-refractivity contribution in [2.45, 2.75) is 6.54 Å². The Morgan fingerprint density at radius 2 is 2.14 bits per heavy atom. The lowest BCUT2D eigenvalue weighted by molar-refractivity contribution is 0.291. The molecule has 0 unspecified atom stereocenters. The fraction of sp³-hybridized carbons (Fsp3) is 0.286. The van der Waals surface area contributed by atoms with Gasteiger partial charge in [-0.05, 0) is 18.2 Å². The summed E-state index contributed by atoms with van der Waals surface area (Å²) >= 11 is 5.95. The Kier molecular flexibility index (Phi) is 5.74. The van der Waals surface area contributed by atoms with E-state index < -0.39 is 0 Å². The molecule has 0 saturated heterocycles. The Hall–Kier alpha value is -1.89. The predicted molar refractivity (Wildman–Crippen MR) is 82.1 cm³/mol. The average Bonchev–Trinajstić information content (AvgIpc) is 2.47. The topological polar surface area (TPSA) is 79.3 Å². The minimum atomic E-state index is 0.0792. The van der Waals surface area contributed by atoms with E-state index in [4.69, 9.17) is 21.4 Å². The average molecular weight is 309 g/mol. The number of aromatic nitrogens is 2. The van der Waals surface area contributed by atoms with Crippen molar-refractivity contribution in [3.05, 3.63) is 41.0 Å². The van der Waals surface area contributed by atoms with Crippen LogP contribution in [0.1, 0.15) is 5.69 Å². The van der Waals surface area contributed by atoms with Crippen LogP contribution in [0.3, 0.4) is 0 Å². The lowest BCUT2D eigenvalue weighted by Crippen LogP contribution is -2.18. The molecule has 1 aromatic carbocycles. The van der Waals surface area contributed by atoms with Gasteiger partial charge in [-0.1, -0.05) is 17.7 Å². The highest BCUT2D eigenvalue weighted by Gasteiger charge is 2.06. The molecule has 0 aliphatic carbocycles. The van der Waals surface area contributed by atoms with Gasteiger partial charge in [-0.3, -0.25) is 0 Å². The van der Waals surface area contributed by atoms with Crippen molar-refractivity contribution in [1.82, 2.24) is 15.3 Å². The van der Waals surface area contributed by atoms with Gasteiger partial charge < -0.3 is 20.5 Å². The van der Waals surface area contributed by atoms with Crippen LogP contribution in [0.4, 0.5) is 11.6 Å². The summed E-state index contributed by atoms with van der Waals surface area (Å²) in [5.41, 5.74) is 1.56. The summed E-state index contributed by atoms with van der Waals surface area (Å²) in [6.45, 7) is 1.10. The first-order valence-electron chi connectivity index (χ1n) is 6.47. The van der Waals surface area contributed by atoms with Crippen LogP contribution in [0.15, 0.2) is 30.3 Å². The Balaban J connectivity index is 2.15. The number of nitrogens with zero attached hydrogens (tertiary/aromatic N) is 2. The molecule has 2 rings (SSSR count). The van der Waals surface area contributed by atoms with Crippen molar-refractivity contribution in [2.24, 2.45) is 0 Å². The first-order chi connectivity index (χ1) is 10.2. The number of nitrogens with one attached hydrogen (secondary N) is 2. The van der Waals surface area contributed by atoms with E-state index >= 15 is 0 Å². The molecule has 0 saturated carbocycles. The van der Waals surface area contributed by atoms with Crippen LogP contribution in [0.2, 0.25) is 5.02 Å². The van der Waals surface area contributed by atoms with Crippen LogP contribution in [-0.4, -0.2) is 35.3 Å². The zero-order chi connectivity index (χ0) is 15.1. The molecule has 0 atom stereocenters. The molecule has 21 heavy (non-hydrogen) atoms. The van der Waals surface area contributed by atoms with Crippen molar-refractivity contribution >= 4 is 23.2 Å². The van der Waals surface area contributed by atoms with Crippen LogP contribution >= 0.6 is 11.6 Å². The molecule has 1 heterocycles. The number of aliphatic hydroxyl groups excluding tert-OH is 1. The van der Waals surface area contributed by atoms with Crippen molar-refractivity contribution in [2.75, 3.05) is 25.6 Å². The van der Waals surface area contributed by atoms with Gasteiger partial charge in [-0.15, -0.1) is 0 Å². The third kappa shape index (κ3) is 4.86. The van der Waals surface area contributed by atoms with Gasteiger partial charge in [0.25, 0.3) is 0 Å². The molecule has 0 spiro atoms. The standard InChI is InChI=1S/C14H17ClN4O2/c1-21-13-8-12(9-16-5-6-20)18-14(19-13)17-11-4-2-3-10(15)7-11/h2-4,7-8,16,20H,5-6,9H2,1H3,(H,17,18,19). The van der Waals surface area contributed by atoms with Gasteiger partial charge in [0, 0.05) is 29.9 Å². The van der Waals surface area contributed by atoms with Crippen LogP contribution < -0.4 is 15.4 Å². The summed E-state index contributed by atoms with van der Waals surface area (Å²) in [6, 6.07) is 9.04. The van der Waals surface area contributed by atoms with E-state index in [0.717, 1.165) is 11.4 Å². The Morgan fingerprint density at radius 1 is 1.29 bits per heavy atom. The summed E-state index contributed by atoms with van der Waals surface area (Å²) < 4.78 is 5.17. The number of aliphatic hydroxyl groups is 1. The summed E-state index contributed by atoms with van der Waals surface area (Å²) in [7, 11) is 1.55. The van der Waals surface area contributed by atoms with Gasteiger partial charge in [0.1, 0.15) is 0 Å². The molecule has 0 aliphatic rings. The van der Waals surface area contributed by atoms with E-state index in [1.54, 1.807) is 25.3 Å². The molecular weight excluding hydrogens is 292 g/mol. The summed E-state index contributed by atoms with van der Waals surface area (Å²) in [6.07, 6.45) is 0. The maximum Gasteiger partial charge on any atom is 0.230 e. The molecular formula is C14H17ClN4O2. The van der Waals surface area contributed by atoms with Crippen LogP contribution in [0.25, 0.3) is 0 Å². The molecule has 6 nitrogen and oxygen atoms in total. The number of benzene rings is 1. The third-order valence-electron chi connectivity index (χ3n) is 2.64. The van der Waals surface area contributed by atoms with Crippen molar-refractivity contribution < 1.29 is 9.84 Å². The Bertz CT molecular complexity index is 595. The van der Waals surface area contributed by atoms with Gasteiger partial charge in [0.05, 0.1) is 19.4 Å². The maximum atomic E-state index is 8.78. The summed E-state index contributed by atoms with van der Waals surface area (Å²) in [4.78, 5) is 8.63. The highest BCUT2D eigenvalue weighted by Crippen LogP contribution is 2.20. The summed E-state index contributed by atoms with van der Waals surface area (Å²) in [5, 5.41) is 15.6. The number of halogens is 1. The molecule has 1 aromatic heterocycles. The third-order valence-corrected chi connectivity index (χ3v) is 2.88. The highest BCUT2D eigenvalue weighted by atomic mass is 35.5. The van der Waals surface area contributed by atoms with Gasteiger partial charge in [0.2, 0.25) is 11.8 Å². The maximum absolute atomic E-state index is 8.78. The first kappa shape index (κ1) is 15.5. The molecule has 0 aliphatic heterocycles. The van der Waals surface area contributed by atoms with E-state index in [0.29, 0.717) is 29.9 Å². The van der Waals surface area contributed by atoms with Gasteiger partial charge in [-0.25, -0.2) is 4.98 Å². The zero-order valence-corrected chi connectivity index (χ0v) is 12.4. The number of anilines is 2. The van der Waals surface area contributed by atoms with E-state index in [-0.39, 0.29) is 6.61 Å². The van der Waals surface area contributed by atoms with E-state index in [2.05, 4.69) is 20.6 Å². The SMILES string of the molecule is COc1cc(CNCCO)nc(Nc2cccc(Cl)c2)n1. The van der Waals surface area contributed by atoms with Crippen LogP contribution in [0.5, 0.6) is 5.88 Å². The molecule has 0 bridgehead atoms. The van der Waals surface area contributed by atoms with Gasteiger partial charge >= 0.3 is 0 Å². The molecule has 3 N–H and O–H groups in total. The second-order valence-electron chi connectivity index (χ2n) is 4.26. The minimum Gasteiger partial charge on any atom is -0.481 e. The van der Waals surface area contributed by atoms with Crippen molar-refractivity contribution in [1.29, 1.82) is 0 Å².